The molecule has 1 atom stereocenters. The smallest absolute Gasteiger partial charge is 0.253 e. The minimum absolute atomic E-state index is 0.0960. The Bertz CT molecular complexity index is 709. The predicted molar refractivity (Wildman–Crippen MR) is 80.5 cm³/mol. The van der Waals surface area contributed by atoms with Gasteiger partial charge in [-0.3, -0.25) is 4.79 Å². The van der Waals surface area contributed by atoms with Crippen molar-refractivity contribution in [2.45, 2.75) is 26.9 Å². The Balaban J connectivity index is 2.49. The molecule has 0 fully saturated rings. The lowest BCUT2D eigenvalue weighted by molar-refractivity contribution is 0.0395. The third kappa shape index (κ3) is 3.08. The molecule has 5 heteroatoms. The van der Waals surface area contributed by atoms with Crippen LogP contribution >= 0.6 is 0 Å². The fourth-order valence-corrected chi connectivity index (χ4v) is 2.36. The number of pyridine rings is 1. The summed E-state index contributed by atoms with van der Waals surface area (Å²) in [7, 11) is 1.62. The molecule has 0 N–H and O–H groups in total. The van der Waals surface area contributed by atoms with E-state index < -0.39 is 5.82 Å². The van der Waals surface area contributed by atoms with Crippen molar-refractivity contribution in [2.24, 2.45) is 7.05 Å². The number of nitrogens with zero attached hydrogens (tertiary/aromatic N) is 1. The van der Waals surface area contributed by atoms with Gasteiger partial charge in [0.2, 0.25) is 0 Å². The van der Waals surface area contributed by atoms with Gasteiger partial charge in [0, 0.05) is 24.6 Å². The summed E-state index contributed by atoms with van der Waals surface area (Å²) in [6.07, 6.45) is -0.146. The van der Waals surface area contributed by atoms with E-state index in [2.05, 4.69) is 0 Å². The van der Waals surface area contributed by atoms with Gasteiger partial charge in [-0.2, -0.15) is 0 Å². The zero-order valence-corrected chi connectivity index (χ0v) is 12.8. The molecule has 1 aromatic carbocycles. The molecule has 0 aliphatic rings. The standard InChI is InChI=1S/C16H20FNO3/c1-5-20-11(3)9-21-15-13(17)7-6-12-8-10(2)16(19)18(4)14(12)15/h6-8,11H,5,9H2,1-4H3. The van der Waals surface area contributed by atoms with Crippen molar-refractivity contribution in [3.63, 3.8) is 0 Å². The summed E-state index contributed by atoms with van der Waals surface area (Å²) < 4.78 is 26.5. The van der Waals surface area contributed by atoms with Crippen molar-refractivity contribution in [2.75, 3.05) is 13.2 Å². The van der Waals surface area contributed by atoms with Crippen molar-refractivity contribution >= 4 is 10.9 Å². The zero-order valence-electron chi connectivity index (χ0n) is 12.8. The van der Waals surface area contributed by atoms with Gasteiger partial charge in [-0.05, 0) is 39.0 Å². The molecule has 1 heterocycles. The van der Waals surface area contributed by atoms with E-state index in [1.165, 1.54) is 10.6 Å². The minimum atomic E-state index is -0.481. The Morgan fingerprint density at radius 2 is 2.10 bits per heavy atom. The fourth-order valence-electron chi connectivity index (χ4n) is 2.36. The summed E-state index contributed by atoms with van der Waals surface area (Å²) in [5.41, 5.74) is 0.926. The van der Waals surface area contributed by atoms with Gasteiger partial charge < -0.3 is 14.0 Å². The molecular formula is C16H20FNO3. The Labute approximate surface area is 123 Å². The molecule has 1 unspecified atom stereocenters. The first-order valence-corrected chi connectivity index (χ1v) is 6.99. The largest absolute Gasteiger partial charge is 0.486 e. The van der Waals surface area contributed by atoms with Crippen LogP contribution in [-0.2, 0) is 11.8 Å². The molecule has 4 nitrogen and oxygen atoms in total. The monoisotopic (exact) mass is 293 g/mol. The highest BCUT2D eigenvalue weighted by molar-refractivity contribution is 5.85. The van der Waals surface area contributed by atoms with Crippen LogP contribution in [0.25, 0.3) is 10.9 Å². The molecule has 114 valence electrons. The molecule has 0 radical (unpaired) electrons. The number of aromatic nitrogens is 1. The van der Waals surface area contributed by atoms with Crippen LogP contribution in [0.5, 0.6) is 5.75 Å². The molecule has 0 spiro atoms. The van der Waals surface area contributed by atoms with Crippen molar-refractivity contribution in [1.29, 1.82) is 0 Å². The molecule has 0 aliphatic heterocycles. The Kier molecular flexibility index (Phi) is 4.63. The Morgan fingerprint density at radius 3 is 2.76 bits per heavy atom. The van der Waals surface area contributed by atoms with Gasteiger partial charge in [-0.1, -0.05) is 0 Å². The first kappa shape index (κ1) is 15.5. The van der Waals surface area contributed by atoms with Gasteiger partial charge in [-0.25, -0.2) is 4.39 Å². The van der Waals surface area contributed by atoms with Crippen molar-refractivity contribution < 1.29 is 13.9 Å². The lowest BCUT2D eigenvalue weighted by Crippen LogP contribution is -2.22. The number of fused-ring (bicyclic) bond motifs is 1. The van der Waals surface area contributed by atoms with Crippen LogP contribution in [0.4, 0.5) is 4.39 Å². The molecule has 0 aliphatic carbocycles. The number of halogens is 1. The van der Waals surface area contributed by atoms with Crippen molar-refractivity contribution in [3.8, 4) is 5.75 Å². The van der Waals surface area contributed by atoms with Crippen LogP contribution in [-0.4, -0.2) is 23.9 Å². The van der Waals surface area contributed by atoms with E-state index in [9.17, 15) is 9.18 Å². The van der Waals surface area contributed by atoms with Gasteiger partial charge in [0.05, 0.1) is 11.6 Å². The van der Waals surface area contributed by atoms with E-state index in [1.807, 2.05) is 13.8 Å². The molecule has 2 aromatic rings. The van der Waals surface area contributed by atoms with Gasteiger partial charge in [0.25, 0.3) is 5.56 Å². The zero-order chi connectivity index (χ0) is 15.6. The van der Waals surface area contributed by atoms with E-state index in [1.54, 1.807) is 26.1 Å². The lowest BCUT2D eigenvalue weighted by atomic mass is 10.1. The highest BCUT2D eigenvalue weighted by Gasteiger charge is 2.15. The van der Waals surface area contributed by atoms with E-state index in [4.69, 9.17) is 9.47 Å². The van der Waals surface area contributed by atoms with Gasteiger partial charge in [0.1, 0.15) is 6.61 Å². The maximum Gasteiger partial charge on any atom is 0.253 e. The maximum absolute atomic E-state index is 14.1. The number of rotatable bonds is 5. The van der Waals surface area contributed by atoms with Crippen LogP contribution in [0.15, 0.2) is 23.0 Å². The predicted octanol–water partition coefficient (Wildman–Crippen LogP) is 2.79. The van der Waals surface area contributed by atoms with Crippen LogP contribution in [0.1, 0.15) is 19.4 Å². The summed E-state index contributed by atoms with van der Waals surface area (Å²) >= 11 is 0. The van der Waals surface area contributed by atoms with E-state index in [-0.39, 0.29) is 24.0 Å². The van der Waals surface area contributed by atoms with Crippen LogP contribution < -0.4 is 10.3 Å². The Hall–Kier alpha value is -1.88. The van der Waals surface area contributed by atoms with E-state index >= 15 is 0 Å². The summed E-state index contributed by atoms with van der Waals surface area (Å²) in [5, 5.41) is 0.773. The topological polar surface area (TPSA) is 40.5 Å². The van der Waals surface area contributed by atoms with Gasteiger partial charge >= 0.3 is 0 Å². The summed E-state index contributed by atoms with van der Waals surface area (Å²) in [5.74, 6) is -0.385. The third-order valence-electron chi connectivity index (χ3n) is 3.38. The first-order valence-electron chi connectivity index (χ1n) is 6.99. The number of aryl methyl sites for hydroxylation is 2. The molecule has 21 heavy (non-hydrogen) atoms. The number of benzene rings is 1. The third-order valence-corrected chi connectivity index (χ3v) is 3.38. The summed E-state index contributed by atoms with van der Waals surface area (Å²) in [6, 6.07) is 4.75. The molecule has 0 saturated carbocycles. The second kappa shape index (κ2) is 6.26. The van der Waals surface area contributed by atoms with Crippen molar-refractivity contribution in [1.82, 2.24) is 4.57 Å². The molecule has 0 amide bonds. The lowest BCUT2D eigenvalue weighted by Gasteiger charge is -2.16. The number of ether oxygens (including phenoxy) is 2. The highest BCUT2D eigenvalue weighted by atomic mass is 19.1. The molecule has 0 bridgehead atoms. The van der Waals surface area contributed by atoms with E-state index in [0.717, 1.165) is 5.39 Å². The van der Waals surface area contributed by atoms with Gasteiger partial charge in [-0.15, -0.1) is 0 Å². The average Bonchev–Trinajstić information content (AvgIpc) is 2.44. The highest BCUT2D eigenvalue weighted by Crippen LogP contribution is 2.28. The normalized spacial score (nSPS) is 12.6. The molecular weight excluding hydrogens is 273 g/mol. The molecule has 0 saturated heterocycles. The number of hydrogen-bond donors (Lipinski definition) is 0. The number of hydrogen-bond acceptors (Lipinski definition) is 3. The van der Waals surface area contributed by atoms with Gasteiger partial charge in [0.15, 0.2) is 11.6 Å². The summed E-state index contributed by atoms with van der Waals surface area (Å²) in [4.78, 5) is 12.0. The second-order valence-corrected chi connectivity index (χ2v) is 5.08. The van der Waals surface area contributed by atoms with Crippen LogP contribution in [0, 0.1) is 12.7 Å². The Morgan fingerprint density at radius 1 is 1.38 bits per heavy atom. The quantitative estimate of drug-likeness (QED) is 0.851. The SMILES string of the molecule is CCOC(C)COc1c(F)ccc2cc(C)c(=O)n(C)c12. The van der Waals surface area contributed by atoms with Crippen molar-refractivity contribution in [3.05, 3.63) is 39.9 Å². The second-order valence-electron chi connectivity index (χ2n) is 5.08. The van der Waals surface area contributed by atoms with E-state index in [0.29, 0.717) is 17.7 Å². The minimum Gasteiger partial charge on any atom is -0.486 e. The molecule has 2 rings (SSSR count). The van der Waals surface area contributed by atoms with Crippen LogP contribution in [0.2, 0.25) is 0 Å². The summed E-state index contributed by atoms with van der Waals surface area (Å²) in [6.45, 7) is 6.28. The maximum atomic E-state index is 14.1. The first-order chi connectivity index (χ1) is 9.95. The fraction of sp³-hybridized carbons (Fsp3) is 0.438. The average molecular weight is 293 g/mol. The van der Waals surface area contributed by atoms with Crippen LogP contribution in [0.3, 0.4) is 0 Å². The molecule has 1 aromatic heterocycles.